The molecule has 2 bridgehead atoms. The number of carbonyl (C=O) groups excluding carboxylic acids is 2. The van der Waals surface area contributed by atoms with Gasteiger partial charge in [0, 0.05) is 38.3 Å². The van der Waals surface area contributed by atoms with Crippen molar-refractivity contribution in [1.29, 1.82) is 0 Å². The summed E-state index contributed by atoms with van der Waals surface area (Å²) in [6, 6.07) is 5.91. The van der Waals surface area contributed by atoms with Crippen LogP contribution in [0.15, 0.2) is 24.3 Å². The molecule has 0 N–H and O–H groups in total. The molecular formula is C17H20N2O6. The fourth-order valence-corrected chi connectivity index (χ4v) is 3.83. The van der Waals surface area contributed by atoms with Crippen LogP contribution >= 0.6 is 0 Å². The number of hydrogen-bond donors (Lipinski definition) is 0. The number of fused-ring (bicyclic) bond motifs is 2. The molecule has 0 spiro atoms. The lowest BCUT2D eigenvalue weighted by molar-refractivity contribution is -0.385. The van der Waals surface area contributed by atoms with E-state index in [4.69, 9.17) is 9.47 Å². The third-order valence-electron chi connectivity index (χ3n) is 4.98. The van der Waals surface area contributed by atoms with Crippen LogP contribution in [0.4, 0.5) is 5.69 Å². The van der Waals surface area contributed by atoms with Crippen LogP contribution in [0.2, 0.25) is 0 Å². The normalized spacial score (nSPS) is 28.4. The highest BCUT2D eigenvalue weighted by Crippen LogP contribution is 2.38. The molecule has 2 aliphatic heterocycles. The Morgan fingerprint density at radius 3 is 2.60 bits per heavy atom. The van der Waals surface area contributed by atoms with Gasteiger partial charge < -0.3 is 9.47 Å². The molecule has 2 heterocycles. The highest BCUT2D eigenvalue weighted by molar-refractivity contribution is 5.93. The number of likely N-dealkylation sites (N-methyl/N-ethyl adjacent to an activating group) is 1. The molecule has 3 rings (SSSR count). The van der Waals surface area contributed by atoms with E-state index in [0.717, 1.165) is 0 Å². The van der Waals surface area contributed by atoms with Gasteiger partial charge in [0.2, 0.25) is 0 Å². The Morgan fingerprint density at radius 1 is 1.20 bits per heavy atom. The topological polar surface area (TPSA) is 99.0 Å². The summed E-state index contributed by atoms with van der Waals surface area (Å²) in [5, 5.41) is 11.1. The molecule has 0 unspecified atom stereocenters. The number of piperidine rings is 1. The minimum Gasteiger partial charge on any atom is -0.461 e. The van der Waals surface area contributed by atoms with Crippen LogP contribution in [0.5, 0.6) is 0 Å². The second kappa shape index (κ2) is 6.79. The summed E-state index contributed by atoms with van der Waals surface area (Å²) < 4.78 is 10.9. The standard InChI is InChI=1S/C17H20N2O6/c1-10(20)24-16-8-11-7-12(9-15(16)18(11)2)25-17(21)13-5-3-4-6-14(13)19(22)23/h3-6,11-12,15-16H,7-9H2,1-2H3/t11-,12+,15+,16+/m0/s1. The van der Waals surface area contributed by atoms with Gasteiger partial charge in [0.25, 0.3) is 5.69 Å². The van der Waals surface area contributed by atoms with Crippen molar-refractivity contribution in [2.75, 3.05) is 7.05 Å². The fourth-order valence-electron chi connectivity index (χ4n) is 3.83. The first-order chi connectivity index (χ1) is 11.9. The van der Waals surface area contributed by atoms with Gasteiger partial charge in [-0.2, -0.15) is 0 Å². The van der Waals surface area contributed by atoms with Crippen LogP contribution in [0, 0.1) is 10.1 Å². The average Bonchev–Trinajstić information content (AvgIpc) is 2.73. The van der Waals surface area contributed by atoms with Gasteiger partial charge in [0.15, 0.2) is 0 Å². The molecule has 25 heavy (non-hydrogen) atoms. The molecule has 0 radical (unpaired) electrons. The number of benzene rings is 1. The van der Waals surface area contributed by atoms with Crippen LogP contribution in [0.1, 0.15) is 36.5 Å². The predicted molar refractivity (Wildman–Crippen MR) is 87.0 cm³/mol. The van der Waals surface area contributed by atoms with E-state index < -0.39 is 10.9 Å². The zero-order chi connectivity index (χ0) is 18.1. The first-order valence-corrected chi connectivity index (χ1v) is 8.20. The third kappa shape index (κ3) is 3.48. The number of carbonyl (C=O) groups is 2. The monoisotopic (exact) mass is 348 g/mol. The zero-order valence-corrected chi connectivity index (χ0v) is 14.1. The molecule has 1 aromatic carbocycles. The summed E-state index contributed by atoms with van der Waals surface area (Å²) in [6.45, 7) is 1.38. The van der Waals surface area contributed by atoms with Gasteiger partial charge in [-0.1, -0.05) is 12.1 Å². The summed E-state index contributed by atoms with van der Waals surface area (Å²) in [6.07, 6.45) is 1.32. The second-order valence-electron chi connectivity index (χ2n) is 6.54. The van der Waals surface area contributed by atoms with E-state index in [-0.39, 0.29) is 41.5 Å². The molecule has 1 aromatic rings. The van der Waals surface area contributed by atoms with Gasteiger partial charge in [-0.15, -0.1) is 0 Å². The van der Waals surface area contributed by atoms with Crippen molar-refractivity contribution in [3.63, 3.8) is 0 Å². The van der Waals surface area contributed by atoms with E-state index >= 15 is 0 Å². The molecule has 8 nitrogen and oxygen atoms in total. The Balaban J connectivity index is 1.70. The van der Waals surface area contributed by atoms with Crippen LogP contribution in [0.3, 0.4) is 0 Å². The Bertz CT molecular complexity index is 706. The van der Waals surface area contributed by atoms with Crippen molar-refractivity contribution in [1.82, 2.24) is 4.90 Å². The molecule has 4 atom stereocenters. The van der Waals surface area contributed by atoms with Gasteiger partial charge in [-0.05, 0) is 13.1 Å². The van der Waals surface area contributed by atoms with E-state index in [1.807, 2.05) is 7.05 Å². The molecule has 134 valence electrons. The molecular weight excluding hydrogens is 328 g/mol. The lowest BCUT2D eigenvalue weighted by atomic mass is 10.00. The Kier molecular flexibility index (Phi) is 4.71. The fraction of sp³-hybridized carbons (Fsp3) is 0.529. The van der Waals surface area contributed by atoms with Crippen molar-refractivity contribution in [3.05, 3.63) is 39.9 Å². The lowest BCUT2D eigenvalue weighted by Gasteiger charge is -2.36. The third-order valence-corrected chi connectivity index (χ3v) is 4.98. The number of para-hydroxylation sites is 1. The molecule has 0 saturated carbocycles. The number of nitro groups is 1. The quantitative estimate of drug-likeness (QED) is 0.465. The molecule has 0 aromatic heterocycles. The molecule has 0 amide bonds. The van der Waals surface area contributed by atoms with E-state index in [2.05, 4.69) is 4.90 Å². The van der Waals surface area contributed by atoms with Gasteiger partial charge in [0.1, 0.15) is 17.8 Å². The van der Waals surface area contributed by atoms with Crippen molar-refractivity contribution in [3.8, 4) is 0 Å². The minimum atomic E-state index is -0.690. The molecule has 8 heteroatoms. The van der Waals surface area contributed by atoms with Crippen LogP contribution < -0.4 is 0 Å². The number of nitrogens with zero attached hydrogens (tertiary/aromatic N) is 2. The summed E-state index contributed by atoms with van der Waals surface area (Å²) in [7, 11) is 1.97. The number of nitro benzene ring substituents is 1. The number of rotatable bonds is 4. The summed E-state index contributed by atoms with van der Waals surface area (Å²) in [5.41, 5.74) is -0.309. The van der Waals surface area contributed by atoms with Gasteiger partial charge in [0.05, 0.1) is 11.0 Å². The van der Waals surface area contributed by atoms with Crippen LogP contribution in [-0.2, 0) is 14.3 Å². The van der Waals surface area contributed by atoms with E-state index in [1.54, 1.807) is 6.07 Å². The van der Waals surface area contributed by atoms with Crippen LogP contribution in [-0.4, -0.2) is 53.1 Å². The highest BCUT2D eigenvalue weighted by atomic mass is 16.6. The van der Waals surface area contributed by atoms with Gasteiger partial charge in [-0.3, -0.25) is 19.8 Å². The highest BCUT2D eigenvalue weighted by Gasteiger charge is 2.47. The Morgan fingerprint density at radius 2 is 1.92 bits per heavy atom. The van der Waals surface area contributed by atoms with E-state index in [0.29, 0.717) is 19.3 Å². The number of hydrogen-bond acceptors (Lipinski definition) is 7. The Hall–Kier alpha value is -2.48. The summed E-state index contributed by atoms with van der Waals surface area (Å²) in [5.74, 6) is -1.01. The first kappa shape index (κ1) is 17.3. The molecule has 2 fully saturated rings. The maximum Gasteiger partial charge on any atom is 0.345 e. The average molecular weight is 348 g/mol. The van der Waals surface area contributed by atoms with Crippen molar-refractivity contribution < 1.29 is 24.0 Å². The summed E-state index contributed by atoms with van der Waals surface area (Å²) >= 11 is 0. The zero-order valence-electron chi connectivity index (χ0n) is 14.1. The molecule has 0 aliphatic carbocycles. The second-order valence-corrected chi connectivity index (χ2v) is 6.54. The van der Waals surface area contributed by atoms with Crippen molar-refractivity contribution >= 4 is 17.6 Å². The maximum atomic E-state index is 12.4. The smallest absolute Gasteiger partial charge is 0.345 e. The van der Waals surface area contributed by atoms with E-state index in [1.165, 1.54) is 25.1 Å². The lowest BCUT2D eigenvalue weighted by Crippen LogP contribution is -2.46. The van der Waals surface area contributed by atoms with Gasteiger partial charge in [-0.25, -0.2) is 4.79 Å². The molecule has 2 saturated heterocycles. The molecule has 2 aliphatic rings. The largest absolute Gasteiger partial charge is 0.461 e. The van der Waals surface area contributed by atoms with Crippen molar-refractivity contribution in [2.24, 2.45) is 0 Å². The SMILES string of the molecule is CC(=O)O[C@@H]1C[C@@H]2C[C@@H](OC(=O)c3ccccc3[N+](=O)[O-])C[C@H]1N2C. The number of esters is 2. The maximum absolute atomic E-state index is 12.4. The van der Waals surface area contributed by atoms with Crippen LogP contribution in [0.25, 0.3) is 0 Å². The predicted octanol–water partition coefficient (Wildman–Crippen LogP) is 1.92. The first-order valence-electron chi connectivity index (χ1n) is 8.20. The van der Waals surface area contributed by atoms with Crippen molar-refractivity contribution in [2.45, 2.75) is 50.5 Å². The Labute approximate surface area is 144 Å². The number of ether oxygens (including phenoxy) is 2. The van der Waals surface area contributed by atoms with Gasteiger partial charge >= 0.3 is 11.9 Å². The van der Waals surface area contributed by atoms with E-state index in [9.17, 15) is 19.7 Å². The summed E-state index contributed by atoms with van der Waals surface area (Å²) in [4.78, 5) is 36.3. The minimum absolute atomic E-state index is 0.00814.